The first-order valence-corrected chi connectivity index (χ1v) is 4.03. The lowest BCUT2D eigenvalue weighted by atomic mass is 10.2. The summed E-state index contributed by atoms with van der Waals surface area (Å²) in [5.41, 5.74) is 0. The Morgan fingerprint density at radius 2 is 2.00 bits per heavy atom. The molecule has 0 rings (SSSR count). The molecule has 0 saturated heterocycles. The molecule has 2 nitrogen and oxygen atoms in total. The SMILES string of the molecule is CC(OCCCCC#N)C(F)(F)F. The molecule has 5 heteroatoms. The van der Waals surface area contributed by atoms with Crippen molar-refractivity contribution in [3.8, 4) is 6.07 Å². The van der Waals surface area contributed by atoms with Crippen molar-refractivity contribution in [3.05, 3.63) is 0 Å². The van der Waals surface area contributed by atoms with Crippen LogP contribution in [0, 0.1) is 11.3 Å². The quantitative estimate of drug-likeness (QED) is 0.632. The molecule has 0 bridgehead atoms. The number of hydrogen-bond acceptors (Lipinski definition) is 2. The molecule has 1 atom stereocenters. The molecule has 0 aliphatic carbocycles. The highest BCUT2D eigenvalue weighted by atomic mass is 19.4. The van der Waals surface area contributed by atoms with Crippen LogP contribution in [-0.2, 0) is 4.74 Å². The number of unbranched alkanes of at least 4 members (excludes halogenated alkanes) is 2. The lowest BCUT2D eigenvalue weighted by molar-refractivity contribution is -0.214. The third kappa shape index (κ3) is 6.41. The second-order valence-electron chi connectivity index (χ2n) is 2.67. The molecule has 13 heavy (non-hydrogen) atoms. The van der Waals surface area contributed by atoms with Gasteiger partial charge in [0, 0.05) is 13.0 Å². The Bertz CT molecular complexity index is 173. The van der Waals surface area contributed by atoms with Gasteiger partial charge in [0.15, 0.2) is 6.10 Å². The van der Waals surface area contributed by atoms with E-state index in [2.05, 4.69) is 4.74 Å². The molecule has 0 N–H and O–H groups in total. The van der Waals surface area contributed by atoms with Crippen LogP contribution in [0.3, 0.4) is 0 Å². The average Bonchev–Trinajstić information content (AvgIpc) is 2.02. The van der Waals surface area contributed by atoms with E-state index in [4.69, 9.17) is 5.26 Å². The van der Waals surface area contributed by atoms with Crippen molar-refractivity contribution >= 4 is 0 Å². The Kier molecular flexibility index (Phi) is 5.47. The molecule has 0 aromatic carbocycles. The molecule has 0 amide bonds. The van der Waals surface area contributed by atoms with E-state index in [1.165, 1.54) is 0 Å². The molecule has 0 radical (unpaired) electrons. The van der Waals surface area contributed by atoms with Gasteiger partial charge in [-0.3, -0.25) is 0 Å². The molecule has 0 aliphatic rings. The van der Waals surface area contributed by atoms with Crippen LogP contribution in [-0.4, -0.2) is 18.9 Å². The summed E-state index contributed by atoms with van der Waals surface area (Å²) in [7, 11) is 0. The number of ether oxygens (including phenoxy) is 1. The third-order valence-corrected chi connectivity index (χ3v) is 1.51. The van der Waals surface area contributed by atoms with Crippen LogP contribution in [0.15, 0.2) is 0 Å². The minimum Gasteiger partial charge on any atom is -0.369 e. The first-order chi connectivity index (χ1) is 5.98. The normalized spacial score (nSPS) is 13.8. The largest absolute Gasteiger partial charge is 0.414 e. The number of halogens is 3. The summed E-state index contributed by atoms with van der Waals surface area (Å²) < 4.78 is 40.1. The fourth-order valence-corrected chi connectivity index (χ4v) is 0.661. The van der Waals surface area contributed by atoms with Gasteiger partial charge in [-0.1, -0.05) is 0 Å². The van der Waals surface area contributed by atoms with Crippen LogP contribution in [0.4, 0.5) is 13.2 Å². The smallest absolute Gasteiger partial charge is 0.369 e. The van der Waals surface area contributed by atoms with E-state index in [9.17, 15) is 13.2 Å². The van der Waals surface area contributed by atoms with Gasteiger partial charge in [0.25, 0.3) is 0 Å². The monoisotopic (exact) mass is 195 g/mol. The molecule has 0 aromatic heterocycles. The van der Waals surface area contributed by atoms with Crippen LogP contribution in [0.1, 0.15) is 26.2 Å². The lowest BCUT2D eigenvalue weighted by Gasteiger charge is -2.15. The van der Waals surface area contributed by atoms with Gasteiger partial charge in [-0.15, -0.1) is 0 Å². The molecule has 0 spiro atoms. The summed E-state index contributed by atoms with van der Waals surface area (Å²) in [5, 5.41) is 8.13. The summed E-state index contributed by atoms with van der Waals surface area (Å²) in [6, 6.07) is 1.91. The minimum absolute atomic E-state index is 0.0579. The fraction of sp³-hybridized carbons (Fsp3) is 0.875. The van der Waals surface area contributed by atoms with Gasteiger partial charge in [0.2, 0.25) is 0 Å². The van der Waals surface area contributed by atoms with Crippen LogP contribution < -0.4 is 0 Å². The number of alkyl halides is 3. The summed E-state index contributed by atoms with van der Waals surface area (Å²) >= 11 is 0. The zero-order valence-electron chi connectivity index (χ0n) is 7.40. The Morgan fingerprint density at radius 3 is 2.46 bits per heavy atom. The van der Waals surface area contributed by atoms with Crippen LogP contribution >= 0.6 is 0 Å². The molecular formula is C8H12F3NO. The van der Waals surface area contributed by atoms with Gasteiger partial charge in [0.1, 0.15) is 0 Å². The summed E-state index contributed by atoms with van der Waals surface area (Å²) in [6.07, 6.45) is -4.55. The van der Waals surface area contributed by atoms with Gasteiger partial charge in [-0.05, 0) is 19.8 Å². The van der Waals surface area contributed by atoms with Crippen LogP contribution in [0.2, 0.25) is 0 Å². The van der Waals surface area contributed by atoms with Crippen molar-refractivity contribution in [2.45, 2.75) is 38.5 Å². The predicted octanol–water partition coefficient (Wildman–Crippen LogP) is 2.65. The highest BCUT2D eigenvalue weighted by Gasteiger charge is 2.36. The van der Waals surface area contributed by atoms with E-state index in [1.54, 1.807) is 0 Å². The lowest BCUT2D eigenvalue weighted by Crippen LogP contribution is -2.28. The van der Waals surface area contributed by atoms with E-state index in [-0.39, 0.29) is 6.61 Å². The zero-order valence-corrected chi connectivity index (χ0v) is 7.40. The Balaban J connectivity index is 3.39. The minimum atomic E-state index is -4.28. The zero-order chi connectivity index (χ0) is 10.3. The van der Waals surface area contributed by atoms with Gasteiger partial charge in [0.05, 0.1) is 6.07 Å². The molecular weight excluding hydrogens is 183 g/mol. The van der Waals surface area contributed by atoms with Crippen molar-refractivity contribution < 1.29 is 17.9 Å². The van der Waals surface area contributed by atoms with Crippen molar-refractivity contribution in [2.24, 2.45) is 0 Å². The van der Waals surface area contributed by atoms with E-state index >= 15 is 0 Å². The highest BCUT2D eigenvalue weighted by Crippen LogP contribution is 2.22. The van der Waals surface area contributed by atoms with Crippen molar-refractivity contribution in [3.63, 3.8) is 0 Å². The van der Waals surface area contributed by atoms with Gasteiger partial charge >= 0.3 is 6.18 Å². The standard InChI is InChI=1S/C8H12F3NO/c1-7(8(9,10)11)13-6-4-2-3-5-12/h7H,2-4,6H2,1H3. The van der Waals surface area contributed by atoms with Crippen molar-refractivity contribution in [1.82, 2.24) is 0 Å². The van der Waals surface area contributed by atoms with Crippen molar-refractivity contribution in [1.29, 1.82) is 5.26 Å². The second kappa shape index (κ2) is 5.81. The summed E-state index contributed by atoms with van der Waals surface area (Å²) in [4.78, 5) is 0. The molecule has 0 heterocycles. The first kappa shape index (κ1) is 12.2. The Hall–Kier alpha value is -0.760. The Labute approximate surface area is 75.3 Å². The average molecular weight is 195 g/mol. The third-order valence-electron chi connectivity index (χ3n) is 1.51. The van der Waals surface area contributed by atoms with Gasteiger partial charge < -0.3 is 4.74 Å². The topological polar surface area (TPSA) is 33.0 Å². The second-order valence-corrected chi connectivity index (χ2v) is 2.67. The molecule has 0 aliphatic heterocycles. The van der Waals surface area contributed by atoms with E-state index < -0.39 is 12.3 Å². The highest BCUT2D eigenvalue weighted by molar-refractivity contribution is 4.68. The molecule has 0 saturated carbocycles. The predicted molar refractivity (Wildman–Crippen MR) is 40.9 cm³/mol. The van der Waals surface area contributed by atoms with Crippen LogP contribution in [0.25, 0.3) is 0 Å². The molecule has 0 fully saturated rings. The molecule has 1 unspecified atom stereocenters. The number of nitrogens with zero attached hydrogens (tertiary/aromatic N) is 1. The number of hydrogen-bond donors (Lipinski definition) is 0. The maximum atomic E-state index is 11.8. The van der Waals surface area contributed by atoms with E-state index in [0.717, 1.165) is 6.92 Å². The Morgan fingerprint density at radius 1 is 1.38 bits per heavy atom. The van der Waals surface area contributed by atoms with E-state index in [0.29, 0.717) is 19.3 Å². The number of nitriles is 1. The maximum absolute atomic E-state index is 11.8. The molecule has 76 valence electrons. The number of rotatable bonds is 5. The first-order valence-electron chi connectivity index (χ1n) is 4.03. The fourth-order valence-electron chi connectivity index (χ4n) is 0.661. The molecule has 0 aromatic rings. The van der Waals surface area contributed by atoms with Gasteiger partial charge in [-0.25, -0.2) is 0 Å². The maximum Gasteiger partial charge on any atom is 0.414 e. The van der Waals surface area contributed by atoms with E-state index in [1.807, 2.05) is 6.07 Å². The summed E-state index contributed by atoms with van der Waals surface area (Å²) in [6.45, 7) is 1.03. The van der Waals surface area contributed by atoms with Crippen LogP contribution in [0.5, 0.6) is 0 Å². The van der Waals surface area contributed by atoms with Gasteiger partial charge in [-0.2, -0.15) is 18.4 Å². The van der Waals surface area contributed by atoms with Crippen molar-refractivity contribution in [2.75, 3.05) is 6.61 Å². The summed E-state index contributed by atoms with van der Waals surface area (Å²) in [5.74, 6) is 0.